The van der Waals surface area contributed by atoms with Gasteiger partial charge in [-0.2, -0.15) is 0 Å². The molecule has 0 saturated carbocycles. The number of methoxy groups -OCH3 is 1. The largest absolute Gasteiger partial charge is 0.495 e. The van der Waals surface area contributed by atoms with E-state index in [0.717, 1.165) is 5.56 Å². The van der Waals surface area contributed by atoms with Gasteiger partial charge >= 0.3 is 0 Å². The minimum absolute atomic E-state index is 0.0877. The normalized spacial score (nSPS) is 8.77. The van der Waals surface area contributed by atoms with Gasteiger partial charge in [0.25, 0.3) is 0 Å². The highest BCUT2D eigenvalue weighted by Crippen LogP contribution is 2.08. The average Bonchev–Trinajstić information content (AvgIpc) is 2.19. The molecule has 0 unspecified atom stereocenters. The fourth-order valence-electron chi connectivity index (χ4n) is 0.819. The van der Waals surface area contributed by atoms with Crippen molar-refractivity contribution in [1.29, 1.82) is 0 Å². The van der Waals surface area contributed by atoms with Crippen LogP contribution in [0.2, 0.25) is 0 Å². The Hall–Kier alpha value is -1.53. The van der Waals surface area contributed by atoms with Crippen LogP contribution in [0, 0.1) is 11.8 Å². The monoisotopic (exact) mass is 177 g/mol. The van der Waals surface area contributed by atoms with Crippen molar-refractivity contribution in [3.05, 3.63) is 24.0 Å². The summed E-state index contributed by atoms with van der Waals surface area (Å²) in [7, 11) is 1.59. The van der Waals surface area contributed by atoms with E-state index in [4.69, 9.17) is 9.84 Å². The number of aliphatic hydroxyl groups excluding tert-OH is 1. The third-order valence-corrected chi connectivity index (χ3v) is 1.42. The van der Waals surface area contributed by atoms with Crippen molar-refractivity contribution in [2.45, 2.75) is 6.42 Å². The summed E-state index contributed by atoms with van der Waals surface area (Å²) >= 11 is 0. The Kier molecular flexibility index (Phi) is 3.80. The highest BCUT2D eigenvalue weighted by Gasteiger charge is 1.91. The molecule has 0 aliphatic heterocycles. The van der Waals surface area contributed by atoms with E-state index in [1.807, 2.05) is 0 Å². The van der Waals surface area contributed by atoms with Gasteiger partial charge in [-0.1, -0.05) is 11.8 Å². The molecule has 0 aliphatic carbocycles. The fraction of sp³-hybridized carbons (Fsp3) is 0.300. The SMILES string of the molecule is COc1cncc(C#CCCO)c1. The van der Waals surface area contributed by atoms with Crippen molar-refractivity contribution in [3.8, 4) is 17.6 Å². The van der Waals surface area contributed by atoms with Gasteiger partial charge in [-0.05, 0) is 6.07 Å². The first kappa shape index (κ1) is 9.56. The minimum atomic E-state index is 0.0877. The molecule has 0 saturated heterocycles. The molecule has 0 fully saturated rings. The van der Waals surface area contributed by atoms with Crippen molar-refractivity contribution in [2.75, 3.05) is 13.7 Å². The van der Waals surface area contributed by atoms with Gasteiger partial charge in [-0.15, -0.1) is 0 Å². The molecule has 0 amide bonds. The number of hydrogen-bond acceptors (Lipinski definition) is 3. The molecular weight excluding hydrogens is 166 g/mol. The second-order valence-electron chi connectivity index (χ2n) is 2.39. The molecule has 13 heavy (non-hydrogen) atoms. The second kappa shape index (κ2) is 5.18. The lowest BCUT2D eigenvalue weighted by molar-refractivity contribution is 0.305. The maximum Gasteiger partial charge on any atom is 0.138 e. The molecule has 1 heterocycles. The van der Waals surface area contributed by atoms with E-state index in [2.05, 4.69) is 16.8 Å². The van der Waals surface area contributed by atoms with Crippen LogP contribution in [0.25, 0.3) is 0 Å². The molecule has 1 aromatic rings. The van der Waals surface area contributed by atoms with Crippen molar-refractivity contribution >= 4 is 0 Å². The van der Waals surface area contributed by atoms with E-state index in [-0.39, 0.29) is 6.61 Å². The van der Waals surface area contributed by atoms with Crippen LogP contribution in [0.5, 0.6) is 5.75 Å². The summed E-state index contributed by atoms with van der Waals surface area (Å²) in [5.41, 5.74) is 0.799. The summed E-state index contributed by atoms with van der Waals surface area (Å²) in [6.45, 7) is 0.0877. The minimum Gasteiger partial charge on any atom is -0.495 e. The summed E-state index contributed by atoms with van der Waals surface area (Å²) in [6, 6.07) is 1.80. The third-order valence-electron chi connectivity index (χ3n) is 1.42. The number of hydrogen-bond donors (Lipinski definition) is 1. The molecule has 0 radical (unpaired) electrons. The number of rotatable bonds is 2. The molecule has 0 aliphatic rings. The summed E-state index contributed by atoms with van der Waals surface area (Å²) in [5.74, 6) is 6.37. The van der Waals surface area contributed by atoms with E-state index >= 15 is 0 Å². The van der Waals surface area contributed by atoms with E-state index < -0.39 is 0 Å². The quantitative estimate of drug-likeness (QED) is 0.680. The topological polar surface area (TPSA) is 42.4 Å². The highest BCUT2D eigenvalue weighted by molar-refractivity contribution is 5.36. The Morgan fingerprint density at radius 3 is 3.08 bits per heavy atom. The Morgan fingerprint density at radius 1 is 1.54 bits per heavy atom. The molecule has 1 N–H and O–H groups in total. The zero-order chi connectivity index (χ0) is 9.52. The van der Waals surface area contributed by atoms with Gasteiger partial charge < -0.3 is 9.84 Å². The van der Waals surface area contributed by atoms with Crippen LogP contribution >= 0.6 is 0 Å². The van der Waals surface area contributed by atoms with Crippen molar-refractivity contribution in [1.82, 2.24) is 4.98 Å². The van der Waals surface area contributed by atoms with E-state index in [1.54, 1.807) is 25.6 Å². The van der Waals surface area contributed by atoms with Gasteiger partial charge in [-0.25, -0.2) is 0 Å². The maximum absolute atomic E-state index is 8.50. The molecule has 0 bridgehead atoms. The average molecular weight is 177 g/mol. The van der Waals surface area contributed by atoms with E-state index in [0.29, 0.717) is 12.2 Å². The lowest BCUT2D eigenvalue weighted by Crippen LogP contribution is -1.85. The molecule has 3 nitrogen and oxygen atoms in total. The van der Waals surface area contributed by atoms with Crippen LogP contribution in [0.3, 0.4) is 0 Å². The van der Waals surface area contributed by atoms with Crippen molar-refractivity contribution in [2.24, 2.45) is 0 Å². The van der Waals surface area contributed by atoms with E-state index in [1.165, 1.54) is 0 Å². The van der Waals surface area contributed by atoms with Crippen LogP contribution in [0.15, 0.2) is 18.5 Å². The second-order valence-corrected chi connectivity index (χ2v) is 2.39. The van der Waals surface area contributed by atoms with Gasteiger partial charge in [-0.3, -0.25) is 4.98 Å². The van der Waals surface area contributed by atoms with Crippen LogP contribution in [0.4, 0.5) is 0 Å². The number of pyridine rings is 1. The predicted octanol–water partition coefficient (Wildman–Crippen LogP) is 0.824. The maximum atomic E-state index is 8.50. The van der Waals surface area contributed by atoms with Gasteiger partial charge in [0.15, 0.2) is 0 Å². The highest BCUT2D eigenvalue weighted by atomic mass is 16.5. The zero-order valence-corrected chi connectivity index (χ0v) is 7.45. The first-order valence-corrected chi connectivity index (χ1v) is 3.95. The van der Waals surface area contributed by atoms with Crippen LogP contribution in [0.1, 0.15) is 12.0 Å². The van der Waals surface area contributed by atoms with E-state index in [9.17, 15) is 0 Å². The third kappa shape index (κ3) is 3.14. The predicted molar refractivity (Wildman–Crippen MR) is 49.4 cm³/mol. The fourth-order valence-corrected chi connectivity index (χ4v) is 0.819. The van der Waals surface area contributed by atoms with Crippen LogP contribution < -0.4 is 4.74 Å². The molecule has 1 rings (SSSR count). The molecule has 0 aromatic carbocycles. The standard InChI is InChI=1S/C10H11NO2/c1-13-10-6-9(7-11-8-10)4-2-3-5-12/h6-8,12H,3,5H2,1H3. The van der Waals surface area contributed by atoms with Gasteiger partial charge in [0.05, 0.1) is 19.9 Å². The number of nitrogens with zero attached hydrogens (tertiary/aromatic N) is 1. The first-order chi connectivity index (χ1) is 6.36. The number of ether oxygens (including phenoxy) is 1. The molecule has 1 aromatic heterocycles. The molecule has 0 spiro atoms. The Bertz CT molecular complexity index is 325. The Balaban J connectivity index is 2.73. The summed E-state index contributed by atoms with van der Waals surface area (Å²) in [6.07, 6.45) is 3.77. The van der Waals surface area contributed by atoms with Crippen LogP contribution in [-0.4, -0.2) is 23.8 Å². The van der Waals surface area contributed by atoms with Crippen molar-refractivity contribution in [3.63, 3.8) is 0 Å². The number of aromatic nitrogens is 1. The smallest absolute Gasteiger partial charge is 0.138 e. The molecular formula is C10H11NO2. The zero-order valence-electron chi connectivity index (χ0n) is 7.45. The first-order valence-electron chi connectivity index (χ1n) is 3.95. The summed E-state index contributed by atoms with van der Waals surface area (Å²) < 4.78 is 4.98. The van der Waals surface area contributed by atoms with Gasteiger partial charge in [0.2, 0.25) is 0 Å². The Labute approximate surface area is 77.4 Å². The Morgan fingerprint density at radius 2 is 2.38 bits per heavy atom. The number of aliphatic hydroxyl groups is 1. The molecule has 3 heteroatoms. The van der Waals surface area contributed by atoms with Crippen molar-refractivity contribution < 1.29 is 9.84 Å². The molecule has 68 valence electrons. The summed E-state index contributed by atoms with van der Waals surface area (Å²) in [5, 5.41) is 8.50. The van der Waals surface area contributed by atoms with Crippen LogP contribution in [-0.2, 0) is 0 Å². The molecule has 0 atom stereocenters. The van der Waals surface area contributed by atoms with Gasteiger partial charge in [0.1, 0.15) is 5.75 Å². The van der Waals surface area contributed by atoms with Gasteiger partial charge in [0, 0.05) is 18.2 Å². The lowest BCUT2D eigenvalue weighted by Gasteiger charge is -1.97. The lowest BCUT2D eigenvalue weighted by atomic mass is 10.2. The summed E-state index contributed by atoms with van der Waals surface area (Å²) in [4.78, 5) is 3.94.